The number of tetrazole rings is 1. The van der Waals surface area contributed by atoms with Gasteiger partial charge in [0, 0.05) is 0 Å². The van der Waals surface area contributed by atoms with Gasteiger partial charge >= 0.3 is 0 Å². The van der Waals surface area contributed by atoms with Crippen LogP contribution in [0.4, 0.5) is 0 Å². The van der Waals surface area contributed by atoms with Crippen LogP contribution in [-0.2, 0) is 10.3 Å². The summed E-state index contributed by atoms with van der Waals surface area (Å²) in [5.74, 6) is 0.0933. The highest BCUT2D eigenvalue weighted by atomic mass is 16.3. The second-order valence-corrected chi connectivity index (χ2v) is 5.85. The van der Waals surface area contributed by atoms with Gasteiger partial charge in [-0.3, -0.25) is 4.79 Å². The normalized spacial score (nSPS) is 19.8. The maximum absolute atomic E-state index is 12.8. The zero-order chi connectivity index (χ0) is 14.6. The van der Waals surface area contributed by atoms with Crippen molar-refractivity contribution in [1.82, 2.24) is 25.5 Å². The average molecular weight is 281 g/mol. The van der Waals surface area contributed by atoms with Crippen molar-refractivity contribution in [2.24, 2.45) is 5.92 Å². The second kappa shape index (κ2) is 6.30. The summed E-state index contributed by atoms with van der Waals surface area (Å²) in [5.41, 5.74) is -0.704. The molecule has 0 bridgehead atoms. The molecule has 1 aliphatic carbocycles. The molecule has 7 nitrogen and oxygen atoms in total. The first-order valence-electron chi connectivity index (χ1n) is 7.25. The van der Waals surface area contributed by atoms with Crippen LogP contribution in [0.5, 0.6) is 0 Å². The topological polar surface area (TPSA) is 92.9 Å². The van der Waals surface area contributed by atoms with Crippen molar-refractivity contribution in [2.75, 3.05) is 6.61 Å². The highest BCUT2D eigenvalue weighted by molar-refractivity contribution is 5.84. The molecule has 0 radical (unpaired) electrons. The first-order valence-corrected chi connectivity index (χ1v) is 7.25. The summed E-state index contributed by atoms with van der Waals surface area (Å²) >= 11 is 0. The lowest BCUT2D eigenvalue weighted by Gasteiger charge is -2.36. The molecule has 0 aliphatic heterocycles. The van der Waals surface area contributed by atoms with Crippen molar-refractivity contribution in [3.63, 3.8) is 0 Å². The number of aromatic nitrogens is 4. The van der Waals surface area contributed by atoms with Gasteiger partial charge in [-0.2, -0.15) is 0 Å². The van der Waals surface area contributed by atoms with Gasteiger partial charge in [0.05, 0.1) is 12.6 Å². The van der Waals surface area contributed by atoms with Crippen LogP contribution < -0.4 is 5.32 Å². The molecular weight excluding hydrogens is 258 g/mol. The number of amides is 1. The van der Waals surface area contributed by atoms with Gasteiger partial charge in [0.1, 0.15) is 11.9 Å². The van der Waals surface area contributed by atoms with Crippen LogP contribution in [0.2, 0.25) is 0 Å². The summed E-state index contributed by atoms with van der Waals surface area (Å²) in [6, 6.07) is -0.238. The summed E-state index contributed by atoms with van der Waals surface area (Å²) in [5, 5.41) is 23.6. The molecule has 2 N–H and O–H groups in total. The molecule has 1 aromatic rings. The standard InChI is InChI=1S/C13H23N5O2/c1-10(2)11(8-19)15-12(20)13(6-4-3-5-7-13)18-9-14-16-17-18/h9-11,19H,3-8H2,1-2H3,(H,15,20). The van der Waals surface area contributed by atoms with E-state index >= 15 is 0 Å². The van der Waals surface area contributed by atoms with Crippen LogP contribution in [0.25, 0.3) is 0 Å². The van der Waals surface area contributed by atoms with Crippen molar-refractivity contribution < 1.29 is 9.90 Å². The summed E-state index contributed by atoms with van der Waals surface area (Å²) < 4.78 is 1.58. The number of nitrogens with zero attached hydrogens (tertiary/aromatic N) is 4. The van der Waals surface area contributed by atoms with E-state index in [1.807, 2.05) is 13.8 Å². The third-order valence-electron chi connectivity index (χ3n) is 4.21. The summed E-state index contributed by atoms with van der Waals surface area (Å²) in [4.78, 5) is 12.8. The van der Waals surface area contributed by atoms with E-state index in [9.17, 15) is 9.90 Å². The predicted molar refractivity (Wildman–Crippen MR) is 72.7 cm³/mol. The zero-order valence-electron chi connectivity index (χ0n) is 12.1. The molecular formula is C13H23N5O2. The van der Waals surface area contributed by atoms with Gasteiger partial charge in [-0.05, 0) is 29.2 Å². The summed E-state index contributed by atoms with van der Waals surface area (Å²) in [7, 11) is 0. The third-order valence-corrected chi connectivity index (χ3v) is 4.21. The molecule has 1 aromatic heterocycles. The summed E-state index contributed by atoms with van der Waals surface area (Å²) in [6.07, 6.45) is 6.08. The quantitative estimate of drug-likeness (QED) is 0.818. The molecule has 1 aliphatic rings. The Morgan fingerprint density at radius 1 is 1.40 bits per heavy atom. The van der Waals surface area contributed by atoms with Crippen LogP contribution in [0, 0.1) is 5.92 Å². The Bertz CT molecular complexity index is 426. The van der Waals surface area contributed by atoms with Crippen molar-refractivity contribution in [2.45, 2.75) is 57.5 Å². The summed E-state index contributed by atoms with van der Waals surface area (Å²) in [6.45, 7) is 3.90. The minimum atomic E-state index is -0.704. The van der Waals surface area contributed by atoms with Gasteiger partial charge in [0.15, 0.2) is 0 Å². The lowest BCUT2D eigenvalue weighted by molar-refractivity contribution is -0.133. The van der Waals surface area contributed by atoms with Gasteiger partial charge in [-0.25, -0.2) is 4.68 Å². The van der Waals surface area contributed by atoms with Gasteiger partial charge in [-0.15, -0.1) is 5.10 Å². The predicted octanol–water partition coefficient (Wildman–Crippen LogP) is 0.466. The van der Waals surface area contributed by atoms with Crippen LogP contribution in [-0.4, -0.2) is 43.9 Å². The van der Waals surface area contributed by atoms with E-state index in [4.69, 9.17) is 0 Å². The van der Waals surface area contributed by atoms with E-state index in [0.717, 1.165) is 32.1 Å². The van der Waals surface area contributed by atoms with Crippen LogP contribution in [0.3, 0.4) is 0 Å². The van der Waals surface area contributed by atoms with Crippen molar-refractivity contribution in [3.05, 3.63) is 6.33 Å². The molecule has 0 aromatic carbocycles. The molecule has 1 fully saturated rings. The van der Waals surface area contributed by atoms with E-state index in [2.05, 4.69) is 20.8 Å². The Morgan fingerprint density at radius 3 is 2.60 bits per heavy atom. The number of hydrogen-bond donors (Lipinski definition) is 2. The van der Waals surface area contributed by atoms with Gasteiger partial charge < -0.3 is 10.4 Å². The molecule has 112 valence electrons. The van der Waals surface area contributed by atoms with Crippen molar-refractivity contribution in [1.29, 1.82) is 0 Å². The molecule has 2 rings (SSSR count). The zero-order valence-corrected chi connectivity index (χ0v) is 12.1. The van der Waals surface area contributed by atoms with E-state index < -0.39 is 5.54 Å². The SMILES string of the molecule is CC(C)C(CO)NC(=O)C1(n2cnnn2)CCCCC1. The maximum atomic E-state index is 12.8. The number of aliphatic hydroxyl groups excluding tert-OH is 1. The number of hydrogen-bond acceptors (Lipinski definition) is 5. The molecule has 0 saturated heterocycles. The van der Waals surface area contributed by atoms with Gasteiger partial charge in [-0.1, -0.05) is 33.1 Å². The van der Waals surface area contributed by atoms with E-state index in [1.165, 1.54) is 6.33 Å². The van der Waals surface area contributed by atoms with E-state index in [-0.39, 0.29) is 24.5 Å². The highest BCUT2D eigenvalue weighted by Gasteiger charge is 2.43. The number of rotatable bonds is 5. The minimum Gasteiger partial charge on any atom is -0.394 e. The largest absolute Gasteiger partial charge is 0.394 e. The molecule has 0 spiro atoms. The Balaban J connectivity index is 2.21. The molecule has 1 atom stereocenters. The Hall–Kier alpha value is -1.50. The maximum Gasteiger partial charge on any atom is 0.248 e. The van der Waals surface area contributed by atoms with Gasteiger partial charge in [0.2, 0.25) is 5.91 Å². The van der Waals surface area contributed by atoms with E-state index in [0.29, 0.717) is 0 Å². The Morgan fingerprint density at radius 2 is 2.10 bits per heavy atom. The van der Waals surface area contributed by atoms with Crippen LogP contribution in [0.1, 0.15) is 46.0 Å². The Labute approximate surface area is 118 Å². The lowest BCUT2D eigenvalue weighted by Crippen LogP contribution is -2.54. The minimum absolute atomic E-state index is 0.0604. The first kappa shape index (κ1) is 14.9. The molecule has 1 heterocycles. The van der Waals surface area contributed by atoms with Crippen LogP contribution in [0.15, 0.2) is 6.33 Å². The molecule has 1 unspecified atom stereocenters. The monoisotopic (exact) mass is 281 g/mol. The molecule has 20 heavy (non-hydrogen) atoms. The smallest absolute Gasteiger partial charge is 0.248 e. The number of carbonyl (C=O) groups is 1. The number of nitrogens with one attached hydrogen (secondary N) is 1. The number of carbonyl (C=O) groups excluding carboxylic acids is 1. The fraction of sp³-hybridized carbons (Fsp3) is 0.846. The lowest BCUT2D eigenvalue weighted by atomic mass is 9.80. The van der Waals surface area contributed by atoms with E-state index in [1.54, 1.807) is 4.68 Å². The number of aliphatic hydroxyl groups is 1. The highest BCUT2D eigenvalue weighted by Crippen LogP contribution is 2.34. The fourth-order valence-corrected chi connectivity index (χ4v) is 2.78. The van der Waals surface area contributed by atoms with Crippen molar-refractivity contribution >= 4 is 5.91 Å². The molecule has 7 heteroatoms. The Kier molecular flexibility index (Phi) is 4.69. The molecule has 1 amide bonds. The average Bonchev–Trinajstić information content (AvgIpc) is 2.99. The van der Waals surface area contributed by atoms with Crippen molar-refractivity contribution in [3.8, 4) is 0 Å². The fourth-order valence-electron chi connectivity index (χ4n) is 2.78. The van der Waals surface area contributed by atoms with Crippen LogP contribution >= 0.6 is 0 Å². The third kappa shape index (κ3) is 2.82. The molecule has 1 saturated carbocycles. The van der Waals surface area contributed by atoms with Gasteiger partial charge in [0.25, 0.3) is 0 Å². The first-order chi connectivity index (χ1) is 9.60. The second-order valence-electron chi connectivity index (χ2n) is 5.85.